The van der Waals surface area contributed by atoms with Gasteiger partial charge < -0.3 is 46.4 Å². The fourth-order valence-electron chi connectivity index (χ4n) is 7.15. The summed E-state index contributed by atoms with van der Waals surface area (Å²) in [5.74, 6) is -2.32. The monoisotopic (exact) mass is 817 g/mol. The maximum atomic E-state index is 14.6. The van der Waals surface area contributed by atoms with Crippen LogP contribution in [0.4, 0.5) is 0 Å². The van der Waals surface area contributed by atoms with Crippen molar-refractivity contribution < 1.29 is 37.9 Å². The molecule has 2 aliphatic heterocycles. The molecule has 6 amide bonds. The van der Waals surface area contributed by atoms with Crippen molar-refractivity contribution in [3.8, 4) is 0 Å². The van der Waals surface area contributed by atoms with Crippen LogP contribution in [0.5, 0.6) is 0 Å². The molecule has 58 heavy (non-hydrogen) atoms. The van der Waals surface area contributed by atoms with E-state index in [1.54, 1.807) is 47.4 Å². The van der Waals surface area contributed by atoms with Gasteiger partial charge in [0, 0.05) is 62.9 Å². The Morgan fingerprint density at radius 3 is 2.59 bits per heavy atom. The van der Waals surface area contributed by atoms with Crippen LogP contribution in [-0.4, -0.2) is 98.4 Å². The molecular weight excluding hydrogens is 766 g/mol. The molecule has 3 aromatic rings. The zero-order chi connectivity index (χ0) is 41.3. The first kappa shape index (κ1) is 43.6. The number of piperidine rings is 1. The molecule has 1 aromatic heterocycles. The molecule has 0 unspecified atom stereocenters. The van der Waals surface area contributed by atoms with Crippen LogP contribution < -0.4 is 32.3 Å². The van der Waals surface area contributed by atoms with Crippen molar-refractivity contribution >= 4 is 47.0 Å². The van der Waals surface area contributed by atoms with Crippen LogP contribution in [-0.2, 0) is 59.3 Å². The lowest BCUT2D eigenvalue weighted by Gasteiger charge is -2.42. The van der Waals surface area contributed by atoms with Crippen molar-refractivity contribution in [3.05, 3.63) is 107 Å². The average molecular weight is 818 g/mol. The van der Waals surface area contributed by atoms with E-state index in [1.807, 2.05) is 18.2 Å². The van der Waals surface area contributed by atoms with Gasteiger partial charge in [-0.3, -0.25) is 28.8 Å². The van der Waals surface area contributed by atoms with Crippen LogP contribution in [0, 0.1) is 5.41 Å². The summed E-state index contributed by atoms with van der Waals surface area (Å²) in [5.41, 5.74) is 6.57. The first-order valence-electron chi connectivity index (χ1n) is 19.6. The van der Waals surface area contributed by atoms with Gasteiger partial charge in [0.05, 0.1) is 31.3 Å². The Bertz CT molecular complexity index is 1920. The van der Waals surface area contributed by atoms with Crippen molar-refractivity contribution in [1.29, 1.82) is 0 Å². The van der Waals surface area contributed by atoms with E-state index in [9.17, 15) is 28.8 Å². The first-order chi connectivity index (χ1) is 28.0. The van der Waals surface area contributed by atoms with Crippen molar-refractivity contribution in [2.24, 2.45) is 11.1 Å². The summed E-state index contributed by atoms with van der Waals surface area (Å²) in [6.07, 6.45) is 5.56. The average Bonchev–Trinajstić information content (AvgIpc) is 3.74. The SMILES string of the molecule is NCCOCCNC(=O)[C@@H]1CCNC(=O)/C=C/C(=O)N2CCC[C@@](CCc3cccc(Cl)c3)(C2)C(=O)N[C@@H](Cc2ccco2)C(=O)NCc2ccccc2CC(=O)N1. The Labute approximate surface area is 342 Å². The zero-order valence-corrected chi connectivity index (χ0v) is 33.2. The zero-order valence-electron chi connectivity index (χ0n) is 32.4. The predicted molar refractivity (Wildman–Crippen MR) is 216 cm³/mol. The number of hydrogen-bond donors (Lipinski definition) is 6. The molecule has 3 heterocycles. The maximum absolute atomic E-state index is 14.6. The number of carbonyl (C=O) groups excluding carboxylic acids is 6. The third kappa shape index (κ3) is 13.0. The Kier molecular flexibility index (Phi) is 16.4. The van der Waals surface area contributed by atoms with Crippen LogP contribution in [0.1, 0.15) is 48.1 Å². The van der Waals surface area contributed by atoms with Crippen LogP contribution in [0.25, 0.3) is 0 Å². The van der Waals surface area contributed by atoms with Crippen molar-refractivity contribution in [1.82, 2.24) is 31.5 Å². The quantitative estimate of drug-likeness (QED) is 0.155. The van der Waals surface area contributed by atoms with Crippen molar-refractivity contribution in [2.75, 3.05) is 45.9 Å². The number of carbonyl (C=O) groups is 6. The fourth-order valence-corrected chi connectivity index (χ4v) is 7.36. The Balaban J connectivity index is 1.43. The van der Waals surface area contributed by atoms with Gasteiger partial charge in [-0.25, -0.2) is 0 Å². The number of nitrogens with one attached hydrogen (secondary N) is 5. The number of benzene rings is 2. The van der Waals surface area contributed by atoms with Crippen molar-refractivity contribution in [3.63, 3.8) is 0 Å². The fraction of sp³-hybridized carbons (Fsp3) is 0.429. The molecule has 0 radical (unpaired) electrons. The summed E-state index contributed by atoms with van der Waals surface area (Å²) in [7, 11) is 0. The van der Waals surface area contributed by atoms with Gasteiger partial charge in [-0.2, -0.15) is 0 Å². The molecule has 2 aromatic carbocycles. The highest BCUT2D eigenvalue weighted by Gasteiger charge is 2.44. The number of rotatable bonds is 11. The number of furan rings is 1. The van der Waals surface area contributed by atoms with Crippen LogP contribution in [0.2, 0.25) is 5.02 Å². The predicted octanol–water partition coefficient (Wildman–Crippen LogP) is 1.71. The second-order valence-corrected chi connectivity index (χ2v) is 14.9. The second-order valence-electron chi connectivity index (χ2n) is 14.5. The summed E-state index contributed by atoms with van der Waals surface area (Å²) >= 11 is 6.29. The van der Waals surface area contributed by atoms with Crippen LogP contribution in [0.3, 0.4) is 0 Å². The molecule has 3 atom stereocenters. The summed E-state index contributed by atoms with van der Waals surface area (Å²) in [6, 6.07) is 15.8. The molecule has 1 saturated heterocycles. The number of nitrogens with two attached hydrogens (primary N) is 1. The van der Waals surface area contributed by atoms with E-state index in [2.05, 4.69) is 26.6 Å². The minimum atomic E-state index is -1.09. The third-order valence-electron chi connectivity index (χ3n) is 10.3. The smallest absolute Gasteiger partial charge is 0.246 e. The molecular formula is C42H52ClN7O8. The normalized spacial score (nSPS) is 21.9. The topological polar surface area (TPSA) is 214 Å². The van der Waals surface area contributed by atoms with Gasteiger partial charge in [0.2, 0.25) is 35.4 Å². The van der Waals surface area contributed by atoms with Crippen LogP contribution in [0.15, 0.2) is 83.5 Å². The lowest BCUT2D eigenvalue weighted by Crippen LogP contribution is -2.57. The molecule has 2 aliphatic rings. The molecule has 0 spiro atoms. The van der Waals surface area contributed by atoms with E-state index < -0.39 is 47.0 Å². The maximum Gasteiger partial charge on any atom is 0.246 e. The number of halogens is 1. The highest BCUT2D eigenvalue weighted by Crippen LogP contribution is 2.36. The van der Waals surface area contributed by atoms with Gasteiger partial charge in [-0.05, 0) is 73.1 Å². The van der Waals surface area contributed by atoms with E-state index in [0.29, 0.717) is 67.3 Å². The Morgan fingerprint density at radius 2 is 1.81 bits per heavy atom. The van der Waals surface area contributed by atoms with Gasteiger partial charge >= 0.3 is 0 Å². The molecule has 0 saturated carbocycles. The number of fused-ring (bicyclic) bond motifs is 3. The third-order valence-corrected chi connectivity index (χ3v) is 10.5. The summed E-state index contributed by atoms with van der Waals surface area (Å²) < 4.78 is 10.9. The second kappa shape index (κ2) is 21.9. The van der Waals surface area contributed by atoms with Gasteiger partial charge in [-0.1, -0.05) is 48.0 Å². The molecule has 5 rings (SSSR count). The molecule has 7 N–H and O–H groups in total. The number of ether oxygens (including phenoxy) is 1. The lowest BCUT2D eigenvalue weighted by atomic mass is 9.74. The van der Waals surface area contributed by atoms with E-state index in [0.717, 1.165) is 17.7 Å². The molecule has 1 fully saturated rings. The summed E-state index contributed by atoms with van der Waals surface area (Å²) in [6.45, 7) is 1.55. The molecule has 15 nitrogen and oxygen atoms in total. The summed E-state index contributed by atoms with van der Waals surface area (Å²) in [4.78, 5) is 83.2. The van der Waals surface area contributed by atoms with E-state index in [-0.39, 0.29) is 58.0 Å². The number of aryl methyl sites for hydroxylation is 1. The standard InChI is InChI=1S/C42H52ClN7O8/c43-32-9-3-6-29(24-32)13-16-42-15-5-20-50(28-42)38(53)12-11-36(51)45-18-14-34(39(54)46-19-23-57-22-17-44)48-37(52)25-30-7-1-2-8-31(30)27-47-40(55)35(49-41(42)56)26-33-10-4-21-58-33/h1-4,6-12,21,24,34-35H,5,13-20,22-23,25-28,44H2,(H,45,51)(H,46,54)(H,47,55)(H,48,52)(H,49,56)/b12-11+/t34-,35-,42+/m0/s1. The first-order valence-corrected chi connectivity index (χ1v) is 19.9. The van der Waals surface area contributed by atoms with Crippen LogP contribution >= 0.6 is 11.6 Å². The van der Waals surface area contributed by atoms with E-state index in [1.165, 1.54) is 6.26 Å². The largest absolute Gasteiger partial charge is 0.469 e. The van der Waals surface area contributed by atoms with E-state index >= 15 is 0 Å². The lowest BCUT2D eigenvalue weighted by molar-refractivity contribution is -0.142. The number of nitrogens with zero attached hydrogens (tertiary/aromatic N) is 1. The van der Waals surface area contributed by atoms with Gasteiger partial charge in [0.25, 0.3) is 0 Å². The van der Waals surface area contributed by atoms with Gasteiger partial charge in [-0.15, -0.1) is 0 Å². The molecule has 2 bridgehead atoms. The highest BCUT2D eigenvalue weighted by molar-refractivity contribution is 6.30. The summed E-state index contributed by atoms with van der Waals surface area (Å²) in [5, 5.41) is 14.7. The van der Waals surface area contributed by atoms with Gasteiger partial charge in [0.1, 0.15) is 17.8 Å². The Hall–Kier alpha value is -5.51. The Morgan fingerprint density at radius 1 is 0.983 bits per heavy atom. The van der Waals surface area contributed by atoms with E-state index in [4.69, 9.17) is 26.5 Å². The molecule has 0 aliphatic carbocycles. The van der Waals surface area contributed by atoms with Crippen molar-refractivity contribution in [2.45, 2.75) is 63.6 Å². The van der Waals surface area contributed by atoms with Gasteiger partial charge in [0.15, 0.2) is 0 Å². The number of amides is 6. The number of hydrogen-bond acceptors (Lipinski definition) is 9. The minimum absolute atomic E-state index is 0.0116. The molecule has 310 valence electrons. The minimum Gasteiger partial charge on any atom is -0.469 e. The molecule has 16 heteroatoms. The highest BCUT2D eigenvalue weighted by atomic mass is 35.5.